The van der Waals surface area contributed by atoms with Gasteiger partial charge in [-0.3, -0.25) is 0 Å². The van der Waals surface area contributed by atoms with Crippen molar-refractivity contribution in [2.24, 2.45) is 0 Å². The van der Waals surface area contributed by atoms with E-state index in [0.29, 0.717) is 23.7 Å². The molecule has 6 heteroatoms. The summed E-state index contributed by atoms with van der Waals surface area (Å²) in [5, 5.41) is 0. The van der Waals surface area contributed by atoms with E-state index < -0.39 is 0 Å². The number of carbonyl (C=O) groups excluding carboxylic acids is 1. The first kappa shape index (κ1) is 15.6. The lowest BCUT2D eigenvalue weighted by atomic mass is 10.2. The van der Waals surface area contributed by atoms with Crippen LogP contribution >= 0.6 is 11.8 Å². The van der Waals surface area contributed by atoms with Crippen molar-refractivity contribution >= 4 is 29.2 Å². The average Bonchev–Trinajstić information content (AvgIpc) is 2.38. The number of nitrogens with two attached hydrogens (primary N) is 1. The van der Waals surface area contributed by atoms with E-state index in [1.54, 1.807) is 30.9 Å². The Labute approximate surface area is 118 Å². The molecule has 0 aliphatic heterocycles. The van der Waals surface area contributed by atoms with E-state index in [-0.39, 0.29) is 12.0 Å². The molecule has 1 heterocycles. The van der Waals surface area contributed by atoms with Crippen molar-refractivity contribution in [1.29, 1.82) is 0 Å². The SMILES string of the molecule is CCOC(=O)c1cc(N)cnc1N(C)C(C)CSC. The van der Waals surface area contributed by atoms with Crippen LogP contribution in [0.4, 0.5) is 11.5 Å². The quantitative estimate of drug-likeness (QED) is 0.806. The van der Waals surface area contributed by atoms with E-state index in [2.05, 4.69) is 11.9 Å². The van der Waals surface area contributed by atoms with Gasteiger partial charge in [0.05, 0.1) is 18.5 Å². The molecule has 0 saturated heterocycles. The van der Waals surface area contributed by atoms with Gasteiger partial charge < -0.3 is 15.4 Å². The van der Waals surface area contributed by atoms with Crippen molar-refractivity contribution in [2.75, 3.05) is 36.3 Å². The molecule has 0 aromatic carbocycles. The second-order valence-corrected chi connectivity index (χ2v) is 5.19. The number of rotatable bonds is 6. The number of ether oxygens (including phenoxy) is 1. The Hall–Kier alpha value is -1.43. The fourth-order valence-corrected chi connectivity index (χ4v) is 2.38. The molecule has 19 heavy (non-hydrogen) atoms. The summed E-state index contributed by atoms with van der Waals surface area (Å²) in [6.07, 6.45) is 3.60. The summed E-state index contributed by atoms with van der Waals surface area (Å²) in [6.45, 7) is 4.19. The molecule has 5 nitrogen and oxygen atoms in total. The molecule has 0 amide bonds. The van der Waals surface area contributed by atoms with Gasteiger partial charge in [-0.15, -0.1) is 0 Å². The average molecular weight is 283 g/mol. The van der Waals surface area contributed by atoms with Crippen LogP contribution in [-0.4, -0.2) is 42.7 Å². The molecular weight excluding hydrogens is 262 g/mol. The lowest BCUT2D eigenvalue weighted by Crippen LogP contribution is -2.33. The summed E-state index contributed by atoms with van der Waals surface area (Å²) < 4.78 is 5.05. The van der Waals surface area contributed by atoms with Crippen LogP contribution in [-0.2, 0) is 4.74 Å². The second kappa shape index (κ2) is 7.23. The number of hydrogen-bond acceptors (Lipinski definition) is 6. The first-order chi connectivity index (χ1) is 9.01. The molecule has 1 rings (SSSR count). The summed E-state index contributed by atoms with van der Waals surface area (Å²) in [4.78, 5) is 18.2. The summed E-state index contributed by atoms with van der Waals surface area (Å²) in [5.41, 5.74) is 6.57. The van der Waals surface area contributed by atoms with E-state index >= 15 is 0 Å². The van der Waals surface area contributed by atoms with Crippen LogP contribution in [0.2, 0.25) is 0 Å². The Morgan fingerprint density at radius 1 is 1.63 bits per heavy atom. The molecule has 1 unspecified atom stereocenters. The molecule has 0 spiro atoms. The topological polar surface area (TPSA) is 68.5 Å². The van der Waals surface area contributed by atoms with Gasteiger partial charge in [0.2, 0.25) is 0 Å². The zero-order valence-electron chi connectivity index (χ0n) is 11.8. The maximum Gasteiger partial charge on any atom is 0.341 e. The number of nitrogen functional groups attached to an aromatic ring is 1. The van der Waals surface area contributed by atoms with Crippen LogP contribution in [0.3, 0.4) is 0 Å². The molecule has 106 valence electrons. The van der Waals surface area contributed by atoms with Crippen molar-refractivity contribution in [3.63, 3.8) is 0 Å². The van der Waals surface area contributed by atoms with E-state index in [9.17, 15) is 4.79 Å². The van der Waals surface area contributed by atoms with Gasteiger partial charge >= 0.3 is 5.97 Å². The molecule has 1 aromatic heterocycles. The van der Waals surface area contributed by atoms with E-state index in [1.807, 2.05) is 18.2 Å². The Kier molecular flexibility index (Phi) is 5.95. The minimum atomic E-state index is -0.388. The van der Waals surface area contributed by atoms with Gasteiger partial charge in [-0.2, -0.15) is 11.8 Å². The number of anilines is 2. The molecule has 0 aliphatic rings. The number of thioether (sulfide) groups is 1. The van der Waals surface area contributed by atoms with Gasteiger partial charge in [0, 0.05) is 18.8 Å². The standard InChI is InChI=1S/C13H21N3O2S/c1-5-18-13(17)11-6-10(14)7-15-12(11)16(3)9(2)8-19-4/h6-7,9H,5,8,14H2,1-4H3. The number of nitrogens with zero attached hydrogens (tertiary/aromatic N) is 2. The maximum atomic E-state index is 12.0. The number of pyridine rings is 1. The predicted octanol–water partition coefficient (Wildman–Crippen LogP) is 2.03. The normalized spacial score (nSPS) is 12.0. The molecule has 0 saturated carbocycles. The fraction of sp³-hybridized carbons (Fsp3) is 0.538. The van der Waals surface area contributed by atoms with Crippen LogP contribution in [0, 0.1) is 0 Å². The maximum absolute atomic E-state index is 12.0. The predicted molar refractivity (Wildman–Crippen MR) is 80.9 cm³/mol. The molecule has 0 aliphatic carbocycles. The summed E-state index contributed by atoms with van der Waals surface area (Å²) >= 11 is 1.75. The van der Waals surface area contributed by atoms with E-state index in [4.69, 9.17) is 10.5 Å². The zero-order valence-corrected chi connectivity index (χ0v) is 12.7. The molecule has 1 atom stereocenters. The summed E-state index contributed by atoms with van der Waals surface area (Å²) in [5.74, 6) is 1.17. The highest BCUT2D eigenvalue weighted by Gasteiger charge is 2.20. The van der Waals surface area contributed by atoms with Crippen molar-refractivity contribution in [3.8, 4) is 0 Å². The molecule has 0 radical (unpaired) electrons. The van der Waals surface area contributed by atoms with Crippen LogP contribution in [0.1, 0.15) is 24.2 Å². The van der Waals surface area contributed by atoms with Crippen molar-refractivity contribution < 1.29 is 9.53 Å². The Morgan fingerprint density at radius 2 is 2.32 bits per heavy atom. The minimum absolute atomic E-state index is 0.263. The Morgan fingerprint density at radius 3 is 2.89 bits per heavy atom. The Bertz CT molecular complexity index is 440. The van der Waals surface area contributed by atoms with Gasteiger partial charge in [0.1, 0.15) is 11.4 Å². The number of hydrogen-bond donors (Lipinski definition) is 1. The largest absolute Gasteiger partial charge is 0.462 e. The van der Waals surface area contributed by atoms with Gasteiger partial charge in [-0.25, -0.2) is 9.78 Å². The van der Waals surface area contributed by atoms with Gasteiger partial charge in [-0.05, 0) is 26.2 Å². The highest BCUT2D eigenvalue weighted by molar-refractivity contribution is 7.98. The third-order valence-corrected chi connectivity index (χ3v) is 3.60. The van der Waals surface area contributed by atoms with E-state index in [1.165, 1.54) is 0 Å². The molecule has 1 aromatic rings. The fourth-order valence-electron chi connectivity index (χ4n) is 1.68. The zero-order chi connectivity index (χ0) is 14.4. The monoisotopic (exact) mass is 283 g/mol. The third kappa shape index (κ3) is 4.02. The van der Waals surface area contributed by atoms with Crippen LogP contribution in [0.5, 0.6) is 0 Å². The van der Waals surface area contributed by atoms with Crippen LogP contribution < -0.4 is 10.6 Å². The van der Waals surface area contributed by atoms with Gasteiger partial charge in [-0.1, -0.05) is 0 Å². The van der Waals surface area contributed by atoms with Crippen molar-refractivity contribution in [2.45, 2.75) is 19.9 Å². The number of esters is 1. The first-order valence-electron chi connectivity index (χ1n) is 6.15. The molecular formula is C13H21N3O2S. The smallest absolute Gasteiger partial charge is 0.341 e. The first-order valence-corrected chi connectivity index (χ1v) is 7.55. The summed E-state index contributed by atoms with van der Waals surface area (Å²) in [7, 11) is 1.92. The van der Waals surface area contributed by atoms with Gasteiger partial charge in [0.15, 0.2) is 0 Å². The highest BCUT2D eigenvalue weighted by atomic mass is 32.2. The molecule has 2 N–H and O–H groups in total. The molecule has 0 fully saturated rings. The third-order valence-electron chi connectivity index (χ3n) is 2.79. The van der Waals surface area contributed by atoms with Crippen molar-refractivity contribution in [3.05, 3.63) is 17.8 Å². The number of aromatic nitrogens is 1. The highest BCUT2D eigenvalue weighted by Crippen LogP contribution is 2.22. The van der Waals surface area contributed by atoms with Crippen LogP contribution in [0.25, 0.3) is 0 Å². The molecule has 0 bridgehead atoms. The minimum Gasteiger partial charge on any atom is -0.462 e. The lowest BCUT2D eigenvalue weighted by Gasteiger charge is -2.27. The summed E-state index contributed by atoms with van der Waals surface area (Å²) in [6, 6.07) is 1.88. The second-order valence-electron chi connectivity index (χ2n) is 4.28. The van der Waals surface area contributed by atoms with E-state index in [0.717, 1.165) is 5.75 Å². The van der Waals surface area contributed by atoms with Crippen molar-refractivity contribution in [1.82, 2.24) is 4.98 Å². The van der Waals surface area contributed by atoms with Gasteiger partial charge in [0.25, 0.3) is 0 Å². The van der Waals surface area contributed by atoms with Crippen LogP contribution in [0.15, 0.2) is 12.3 Å². The Balaban J connectivity index is 3.08. The number of carbonyl (C=O) groups is 1. The lowest BCUT2D eigenvalue weighted by molar-refractivity contribution is 0.0526.